The standard InChI is InChI=1S/C56H71N5O8/c1-57-36-55(24-18-38(33-55)19-26-68-37-59-35-46(63)28-39-12-14-42-30-45(62)16-15-41(42)27-39)69-50-32-44-31-47(52(50)66)61-53(58-2)60-25-8-10-43-9-6-23-56(43,34-40-13-17-48(64)49(29-40)67-3)51(65)11-7-22-54(44)20-4-5-21-54/h7,11-17,27,29-32,38,43,46,57,59,62-64,66H,4-6,9-10,18-24,26,28,33-37H2,1-3H3,(H2,58,60,61)/b11-7+/t38-,43-,46+,55+,56-/m0/s1. The average molecular weight is 942 g/mol. The molecule has 8 N–H and O–H groups in total. The fourth-order valence-corrected chi connectivity index (χ4v) is 11.8. The summed E-state index contributed by atoms with van der Waals surface area (Å²) in [4.78, 5) is 19.2. The minimum atomic E-state index is -0.652. The number of likely N-dealkylation sites (N-methyl/N-ethyl adjacent to an activating group) is 1. The quantitative estimate of drug-likeness (QED) is 0.0233. The zero-order chi connectivity index (χ0) is 48.4. The molecule has 4 aliphatic rings. The molecule has 4 aromatic carbocycles. The molecule has 0 saturated heterocycles. The number of methoxy groups -OCH3 is 1. The number of phenolic OH excluding ortho intramolecular Hbond substituents is 3. The lowest BCUT2D eigenvalue weighted by Crippen LogP contribution is -2.43. The van der Waals surface area contributed by atoms with E-state index in [1.807, 2.05) is 61.7 Å². The predicted octanol–water partition coefficient (Wildman–Crippen LogP) is 8.37. The zero-order valence-electron chi connectivity index (χ0n) is 40.5. The van der Waals surface area contributed by atoms with Gasteiger partial charge in [-0.15, -0.1) is 0 Å². The van der Waals surface area contributed by atoms with Crippen LogP contribution in [0.2, 0.25) is 0 Å². The number of fused-ring (bicyclic) bond motifs is 5. The second kappa shape index (κ2) is 22.3. The Morgan fingerprint density at radius 3 is 2.55 bits per heavy atom. The number of phenols is 3. The molecule has 0 radical (unpaired) electrons. The minimum Gasteiger partial charge on any atom is -0.508 e. The van der Waals surface area contributed by atoms with Crippen molar-refractivity contribution < 1.29 is 39.4 Å². The van der Waals surface area contributed by atoms with Gasteiger partial charge in [0.15, 0.2) is 28.8 Å². The topological polar surface area (TPSA) is 186 Å². The van der Waals surface area contributed by atoms with Crippen molar-refractivity contribution >= 4 is 28.2 Å². The molecule has 3 aliphatic carbocycles. The van der Waals surface area contributed by atoms with Crippen molar-refractivity contribution in [3.05, 3.63) is 95.6 Å². The van der Waals surface area contributed by atoms with Crippen LogP contribution in [0.3, 0.4) is 0 Å². The number of allylic oxidation sites excluding steroid dienone is 2. The van der Waals surface area contributed by atoms with E-state index in [9.17, 15) is 25.2 Å². The molecule has 0 unspecified atom stereocenters. The number of aliphatic hydroxyl groups excluding tert-OH is 1. The summed E-state index contributed by atoms with van der Waals surface area (Å²) in [7, 11) is 5.15. The number of aliphatic imine (C=N–C) groups is 1. The van der Waals surface area contributed by atoms with Crippen LogP contribution in [0.5, 0.6) is 28.7 Å². The number of nitrogens with one attached hydrogen (secondary N) is 4. The Morgan fingerprint density at radius 1 is 0.928 bits per heavy atom. The van der Waals surface area contributed by atoms with E-state index < -0.39 is 17.1 Å². The number of ketones is 1. The number of carbonyl (C=O) groups excluding carboxylic acids is 1. The summed E-state index contributed by atoms with van der Waals surface area (Å²) >= 11 is 0. The molecule has 13 heteroatoms. The highest BCUT2D eigenvalue weighted by Gasteiger charge is 2.48. The summed E-state index contributed by atoms with van der Waals surface area (Å²) in [6.07, 6.45) is 15.5. The largest absolute Gasteiger partial charge is 0.508 e. The van der Waals surface area contributed by atoms with Crippen molar-refractivity contribution in [1.29, 1.82) is 0 Å². The monoisotopic (exact) mass is 942 g/mol. The minimum absolute atomic E-state index is 0.00710. The Kier molecular flexibility index (Phi) is 16.1. The van der Waals surface area contributed by atoms with E-state index >= 15 is 0 Å². The molecule has 1 heterocycles. The Morgan fingerprint density at radius 2 is 1.74 bits per heavy atom. The van der Waals surface area contributed by atoms with Crippen molar-refractivity contribution in [2.24, 2.45) is 22.2 Å². The van der Waals surface area contributed by atoms with E-state index in [-0.39, 0.29) is 34.4 Å². The van der Waals surface area contributed by atoms with Crippen molar-refractivity contribution in [2.45, 2.75) is 113 Å². The van der Waals surface area contributed by atoms with Gasteiger partial charge in [0.25, 0.3) is 0 Å². The van der Waals surface area contributed by atoms with E-state index in [0.717, 1.165) is 98.1 Å². The van der Waals surface area contributed by atoms with Gasteiger partial charge in [-0.1, -0.05) is 61.6 Å². The lowest BCUT2D eigenvalue weighted by molar-refractivity contribution is -0.125. The summed E-state index contributed by atoms with van der Waals surface area (Å²) in [5, 5.41) is 58.0. The van der Waals surface area contributed by atoms with Crippen LogP contribution >= 0.6 is 0 Å². The third-order valence-electron chi connectivity index (χ3n) is 15.4. The number of ether oxygens (including phenoxy) is 3. The maximum absolute atomic E-state index is 14.7. The van der Waals surface area contributed by atoms with Crippen LogP contribution < -0.4 is 30.7 Å². The zero-order valence-corrected chi connectivity index (χ0v) is 40.5. The van der Waals surface area contributed by atoms with Crippen LogP contribution in [0.1, 0.15) is 100 Å². The first-order valence-corrected chi connectivity index (χ1v) is 24.9. The SMILES string of the molecule is CN=C1NC#CC[C@@H]2CCC[C@@]2(Cc2ccc(O)c(OC)c2)C(=O)/C=C/CC2(CCCC2)c2cc(c(O)c(O[C@]3(CNC)CC[C@@H](CCOCNC[C@H](O)Cc4ccc5cc(O)ccc5c4)C3)c2)N1. The first-order chi connectivity index (χ1) is 33.5. The number of rotatable bonds is 16. The molecule has 4 aromatic rings. The molecule has 1 spiro atoms. The van der Waals surface area contributed by atoms with Crippen LogP contribution in [0.25, 0.3) is 10.8 Å². The van der Waals surface area contributed by atoms with Gasteiger partial charge in [0.2, 0.25) is 5.96 Å². The maximum Gasteiger partial charge on any atom is 0.207 e. The molecular weight excluding hydrogens is 871 g/mol. The van der Waals surface area contributed by atoms with Gasteiger partial charge in [0.05, 0.1) is 25.6 Å². The molecule has 2 bridgehead atoms. The second-order valence-corrected chi connectivity index (χ2v) is 20.0. The molecule has 8 rings (SSSR count). The smallest absolute Gasteiger partial charge is 0.207 e. The van der Waals surface area contributed by atoms with Crippen molar-refractivity contribution in [3.63, 3.8) is 0 Å². The molecule has 5 atom stereocenters. The number of nitrogens with zero attached hydrogens (tertiary/aromatic N) is 1. The van der Waals surface area contributed by atoms with Crippen molar-refractivity contribution in [1.82, 2.24) is 16.0 Å². The van der Waals surface area contributed by atoms with Crippen LogP contribution in [0, 0.1) is 29.2 Å². The molecule has 3 fully saturated rings. The van der Waals surface area contributed by atoms with Gasteiger partial charge in [-0.25, -0.2) is 0 Å². The summed E-state index contributed by atoms with van der Waals surface area (Å²) < 4.78 is 18.5. The van der Waals surface area contributed by atoms with Crippen molar-refractivity contribution in [2.75, 3.05) is 52.9 Å². The van der Waals surface area contributed by atoms with E-state index in [1.54, 1.807) is 25.2 Å². The molecule has 368 valence electrons. The maximum atomic E-state index is 14.7. The van der Waals surface area contributed by atoms with Crippen LogP contribution in [-0.2, 0) is 27.8 Å². The van der Waals surface area contributed by atoms with Gasteiger partial charge >= 0.3 is 0 Å². The van der Waals surface area contributed by atoms with Gasteiger partial charge in [0, 0.05) is 44.6 Å². The third-order valence-corrected chi connectivity index (χ3v) is 15.4. The predicted molar refractivity (Wildman–Crippen MR) is 271 cm³/mol. The Hall–Kier alpha value is -5.78. The van der Waals surface area contributed by atoms with E-state index in [2.05, 4.69) is 44.3 Å². The molecule has 69 heavy (non-hydrogen) atoms. The van der Waals surface area contributed by atoms with Crippen LogP contribution in [0.15, 0.2) is 83.9 Å². The van der Waals surface area contributed by atoms with Crippen LogP contribution in [-0.4, -0.2) is 91.5 Å². The fourth-order valence-electron chi connectivity index (χ4n) is 11.8. The number of carbonyl (C=O) groups is 1. The molecule has 1 aliphatic heterocycles. The normalized spacial score (nSPS) is 24.9. The van der Waals surface area contributed by atoms with E-state index in [1.165, 1.54) is 7.11 Å². The summed E-state index contributed by atoms with van der Waals surface area (Å²) in [6.45, 7) is 1.90. The Labute approximate surface area is 407 Å². The van der Waals surface area contributed by atoms with Gasteiger partial charge < -0.3 is 45.3 Å². The lowest BCUT2D eigenvalue weighted by atomic mass is 9.68. The summed E-state index contributed by atoms with van der Waals surface area (Å²) in [5.74, 6) is 5.32. The van der Waals surface area contributed by atoms with Gasteiger partial charge in [-0.2, -0.15) is 0 Å². The number of anilines is 1. The van der Waals surface area contributed by atoms with Gasteiger partial charge in [0.1, 0.15) is 11.4 Å². The number of aliphatic hydroxyl groups is 1. The highest BCUT2D eigenvalue weighted by molar-refractivity contribution is 5.97. The summed E-state index contributed by atoms with van der Waals surface area (Å²) in [5.41, 5.74) is 2.00. The first kappa shape index (κ1) is 49.6. The Balaban J connectivity index is 0.955. The number of hydrogen-bond donors (Lipinski definition) is 8. The molecule has 3 saturated carbocycles. The average Bonchev–Trinajstić information content (AvgIpc) is 4.10. The third kappa shape index (κ3) is 11.6. The molecule has 0 amide bonds. The lowest BCUT2D eigenvalue weighted by Gasteiger charge is -2.34. The highest BCUT2D eigenvalue weighted by atomic mass is 16.5. The highest BCUT2D eigenvalue weighted by Crippen LogP contribution is 2.52. The molecule has 13 nitrogen and oxygen atoms in total. The molecule has 0 aromatic heterocycles. The van der Waals surface area contributed by atoms with Crippen molar-refractivity contribution in [3.8, 4) is 40.7 Å². The van der Waals surface area contributed by atoms with Gasteiger partial charge in [-0.3, -0.25) is 20.4 Å². The number of benzene rings is 4. The Bertz CT molecular complexity index is 2560. The number of guanidine groups is 1. The molecular formula is C56H71N5O8. The second-order valence-electron chi connectivity index (χ2n) is 20.0. The van der Waals surface area contributed by atoms with E-state index in [4.69, 9.17) is 14.2 Å². The fraction of sp³-hybridized carbons (Fsp3) is 0.500. The first-order valence-electron chi connectivity index (χ1n) is 24.9. The summed E-state index contributed by atoms with van der Waals surface area (Å²) in [6, 6.07) is 23.8. The van der Waals surface area contributed by atoms with Gasteiger partial charge in [-0.05, 0) is 165 Å². The van der Waals surface area contributed by atoms with E-state index in [0.29, 0.717) is 81.2 Å². The van der Waals surface area contributed by atoms with Crippen LogP contribution in [0.4, 0.5) is 5.69 Å². The number of aromatic hydroxyl groups is 3. The number of hydrogen-bond acceptors (Lipinski definition) is 11.